The molecule has 13 heavy (non-hydrogen) atoms. The summed E-state index contributed by atoms with van der Waals surface area (Å²) in [5, 5.41) is 18.2. The van der Waals surface area contributed by atoms with E-state index in [0.29, 0.717) is 25.7 Å². The monoisotopic (exact) mass is 189 g/mol. The van der Waals surface area contributed by atoms with Crippen LogP contribution in [0.1, 0.15) is 6.92 Å². The van der Waals surface area contributed by atoms with E-state index in [9.17, 15) is 5.11 Å². The van der Waals surface area contributed by atoms with Gasteiger partial charge in [0.1, 0.15) is 0 Å². The molecule has 0 radical (unpaired) electrons. The largest absolute Gasteiger partial charge is 0.396 e. The molecular formula is C9H19NO3. The van der Waals surface area contributed by atoms with Crippen molar-refractivity contribution in [2.24, 2.45) is 5.92 Å². The summed E-state index contributed by atoms with van der Waals surface area (Å²) in [4.78, 5) is 2.13. The van der Waals surface area contributed by atoms with E-state index in [1.807, 2.05) is 6.92 Å². The topological polar surface area (TPSA) is 52.9 Å². The van der Waals surface area contributed by atoms with Crippen molar-refractivity contribution in [3.05, 3.63) is 0 Å². The molecule has 1 saturated heterocycles. The normalized spacial score (nSPS) is 21.5. The molecule has 0 aromatic rings. The van der Waals surface area contributed by atoms with Crippen molar-refractivity contribution in [1.29, 1.82) is 0 Å². The summed E-state index contributed by atoms with van der Waals surface area (Å²) in [6.07, 6.45) is -0.389. The molecule has 2 N–H and O–H groups in total. The van der Waals surface area contributed by atoms with E-state index < -0.39 is 0 Å². The Balaban J connectivity index is 1.99. The van der Waals surface area contributed by atoms with Gasteiger partial charge in [-0.15, -0.1) is 0 Å². The summed E-state index contributed by atoms with van der Waals surface area (Å²) in [7, 11) is 0. The number of ether oxygens (including phenoxy) is 1. The smallest absolute Gasteiger partial charge is 0.0900 e. The Labute approximate surface area is 79.1 Å². The first-order valence-corrected chi connectivity index (χ1v) is 4.85. The summed E-state index contributed by atoms with van der Waals surface area (Å²) in [6.45, 7) is 5.71. The zero-order chi connectivity index (χ0) is 9.68. The minimum Gasteiger partial charge on any atom is -0.396 e. The molecule has 78 valence electrons. The van der Waals surface area contributed by atoms with Crippen molar-refractivity contribution in [3.63, 3.8) is 0 Å². The molecule has 1 unspecified atom stereocenters. The Hall–Kier alpha value is -0.160. The molecule has 0 amide bonds. The summed E-state index contributed by atoms with van der Waals surface area (Å²) in [6, 6.07) is 0. The van der Waals surface area contributed by atoms with Crippen LogP contribution in [0, 0.1) is 5.92 Å². The van der Waals surface area contributed by atoms with Crippen molar-refractivity contribution in [2.45, 2.75) is 13.0 Å². The Kier molecular flexibility index (Phi) is 4.66. The number of aliphatic hydroxyl groups excluding tert-OH is 2. The number of hydrogen-bond acceptors (Lipinski definition) is 4. The van der Waals surface area contributed by atoms with Crippen LogP contribution in [0.4, 0.5) is 0 Å². The lowest BCUT2D eigenvalue weighted by molar-refractivity contribution is -0.0171. The van der Waals surface area contributed by atoms with Crippen LogP contribution in [0.5, 0.6) is 0 Å². The lowest BCUT2D eigenvalue weighted by atomic mass is 10.0. The van der Waals surface area contributed by atoms with Crippen molar-refractivity contribution in [2.75, 3.05) is 39.5 Å². The molecule has 1 heterocycles. The van der Waals surface area contributed by atoms with Crippen LogP contribution >= 0.6 is 0 Å². The van der Waals surface area contributed by atoms with Crippen LogP contribution in [0.15, 0.2) is 0 Å². The van der Waals surface area contributed by atoms with E-state index >= 15 is 0 Å². The predicted molar refractivity (Wildman–Crippen MR) is 49.5 cm³/mol. The second kappa shape index (κ2) is 5.54. The molecular weight excluding hydrogens is 170 g/mol. The highest BCUT2D eigenvalue weighted by Gasteiger charge is 2.27. The summed E-state index contributed by atoms with van der Waals surface area (Å²) >= 11 is 0. The Morgan fingerprint density at radius 1 is 1.54 bits per heavy atom. The number of aliphatic hydroxyl groups is 2. The van der Waals surface area contributed by atoms with Gasteiger partial charge >= 0.3 is 0 Å². The zero-order valence-electron chi connectivity index (χ0n) is 8.15. The fraction of sp³-hybridized carbons (Fsp3) is 1.00. The fourth-order valence-corrected chi connectivity index (χ4v) is 1.55. The average Bonchev–Trinajstić information content (AvgIpc) is 2.07. The van der Waals surface area contributed by atoms with Gasteiger partial charge in [0.25, 0.3) is 0 Å². The first kappa shape index (κ1) is 10.9. The minimum atomic E-state index is -0.389. The molecule has 0 bridgehead atoms. The van der Waals surface area contributed by atoms with Gasteiger partial charge in [0, 0.05) is 38.8 Å². The molecule has 4 nitrogen and oxygen atoms in total. The molecule has 0 saturated carbocycles. The van der Waals surface area contributed by atoms with Crippen LogP contribution in [0.25, 0.3) is 0 Å². The fourth-order valence-electron chi connectivity index (χ4n) is 1.55. The average molecular weight is 189 g/mol. The van der Waals surface area contributed by atoms with Crippen molar-refractivity contribution >= 4 is 0 Å². The van der Waals surface area contributed by atoms with E-state index in [1.54, 1.807) is 0 Å². The molecule has 0 aromatic heterocycles. The second-order valence-corrected chi connectivity index (χ2v) is 3.58. The van der Waals surface area contributed by atoms with Crippen LogP contribution in [-0.4, -0.2) is 60.7 Å². The molecule has 1 fully saturated rings. The highest BCUT2D eigenvalue weighted by molar-refractivity contribution is 4.80. The Bertz CT molecular complexity index is 134. The first-order chi connectivity index (χ1) is 6.26. The van der Waals surface area contributed by atoms with Gasteiger partial charge < -0.3 is 14.9 Å². The lowest BCUT2D eigenvalue weighted by Gasteiger charge is -2.39. The van der Waals surface area contributed by atoms with Gasteiger partial charge in [0.2, 0.25) is 0 Å². The maximum Gasteiger partial charge on any atom is 0.0900 e. The summed E-state index contributed by atoms with van der Waals surface area (Å²) in [5.41, 5.74) is 0. The molecule has 0 aliphatic carbocycles. The lowest BCUT2D eigenvalue weighted by Crippen LogP contribution is -2.51. The Morgan fingerprint density at radius 3 is 2.77 bits per heavy atom. The first-order valence-electron chi connectivity index (χ1n) is 4.85. The van der Waals surface area contributed by atoms with Gasteiger partial charge in [-0.3, -0.25) is 4.90 Å². The van der Waals surface area contributed by atoms with E-state index in [-0.39, 0.29) is 12.7 Å². The van der Waals surface area contributed by atoms with E-state index in [1.165, 1.54) is 0 Å². The number of β-amino-alcohol motifs (C(OH)–C–C–N with tert-alkyl or cyclic N) is 1. The maximum absolute atomic E-state index is 9.45. The molecule has 1 atom stereocenters. The van der Waals surface area contributed by atoms with Crippen LogP contribution in [0.2, 0.25) is 0 Å². The molecule has 0 aromatic carbocycles. The van der Waals surface area contributed by atoms with Gasteiger partial charge in [0.05, 0.1) is 12.7 Å². The third-order valence-corrected chi connectivity index (χ3v) is 2.27. The predicted octanol–water partition coefficient (Wildman–Crippen LogP) is -0.692. The Morgan fingerprint density at radius 2 is 2.23 bits per heavy atom. The van der Waals surface area contributed by atoms with E-state index in [0.717, 1.165) is 13.1 Å². The highest BCUT2D eigenvalue weighted by atomic mass is 16.5. The standard InChI is InChI=1S/C9H19NO3/c1-2-13-7-9(12)5-10-3-8(4-10)6-11/h8-9,11-12H,2-7H2,1H3. The highest BCUT2D eigenvalue weighted by Crippen LogP contribution is 2.14. The molecule has 1 aliphatic heterocycles. The van der Waals surface area contributed by atoms with Gasteiger partial charge in [-0.05, 0) is 6.92 Å². The zero-order valence-corrected chi connectivity index (χ0v) is 8.15. The van der Waals surface area contributed by atoms with Gasteiger partial charge in [0.15, 0.2) is 0 Å². The summed E-state index contributed by atoms with van der Waals surface area (Å²) in [5.74, 6) is 0.416. The van der Waals surface area contributed by atoms with Crippen LogP contribution in [-0.2, 0) is 4.74 Å². The van der Waals surface area contributed by atoms with Gasteiger partial charge in [-0.25, -0.2) is 0 Å². The third-order valence-electron chi connectivity index (χ3n) is 2.27. The number of nitrogens with zero attached hydrogens (tertiary/aromatic N) is 1. The van der Waals surface area contributed by atoms with E-state index in [4.69, 9.17) is 9.84 Å². The number of rotatable bonds is 6. The number of hydrogen-bond donors (Lipinski definition) is 2. The van der Waals surface area contributed by atoms with Crippen molar-refractivity contribution in [3.8, 4) is 0 Å². The van der Waals surface area contributed by atoms with Crippen molar-refractivity contribution < 1.29 is 14.9 Å². The maximum atomic E-state index is 9.45. The molecule has 1 rings (SSSR count). The SMILES string of the molecule is CCOCC(O)CN1CC(CO)C1. The second-order valence-electron chi connectivity index (χ2n) is 3.58. The van der Waals surface area contributed by atoms with Gasteiger partial charge in [-0.2, -0.15) is 0 Å². The van der Waals surface area contributed by atoms with E-state index in [2.05, 4.69) is 4.90 Å². The molecule has 0 spiro atoms. The third kappa shape index (κ3) is 3.60. The minimum absolute atomic E-state index is 0.262. The van der Waals surface area contributed by atoms with Crippen molar-refractivity contribution in [1.82, 2.24) is 4.90 Å². The summed E-state index contributed by atoms with van der Waals surface area (Å²) < 4.78 is 5.09. The number of likely N-dealkylation sites (tertiary alicyclic amines) is 1. The van der Waals surface area contributed by atoms with Crippen LogP contribution in [0.3, 0.4) is 0 Å². The molecule has 4 heteroatoms. The molecule has 1 aliphatic rings. The quantitative estimate of drug-likeness (QED) is 0.580. The van der Waals surface area contributed by atoms with Gasteiger partial charge in [-0.1, -0.05) is 0 Å². The van der Waals surface area contributed by atoms with Crippen LogP contribution < -0.4 is 0 Å².